The summed E-state index contributed by atoms with van der Waals surface area (Å²) in [5, 5.41) is 9.52. The molecule has 0 amide bonds. The van der Waals surface area contributed by atoms with Gasteiger partial charge in [-0.25, -0.2) is 0 Å². The van der Waals surface area contributed by atoms with Gasteiger partial charge in [-0.3, -0.25) is 9.59 Å². The van der Waals surface area contributed by atoms with Crippen LogP contribution in [0.4, 0.5) is 0 Å². The van der Waals surface area contributed by atoms with Gasteiger partial charge in [-0.1, -0.05) is 127 Å². The van der Waals surface area contributed by atoms with Gasteiger partial charge in [-0.05, 0) is 77.0 Å². The fourth-order valence-corrected chi connectivity index (χ4v) is 4.79. The predicted octanol–water partition coefficient (Wildman–Crippen LogP) is 11.1. The van der Waals surface area contributed by atoms with Gasteiger partial charge in [-0.15, -0.1) is 0 Å². The average molecular weight is 617 g/mol. The summed E-state index contributed by atoms with van der Waals surface area (Å²) in [5.41, 5.74) is 0. The number of carbonyl (C=O) groups is 2. The van der Waals surface area contributed by atoms with Crippen LogP contribution in [0.2, 0.25) is 0 Å². The molecule has 5 heteroatoms. The van der Waals surface area contributed by atoms with Crippen molar-refractivity contribution in [1.29, 1.82) is 0 Å². The fourth-order valence-electron chi connectivity index (χ4n) is 4.79. The first kappa shape index (κ1) is 41.9. The van der Waals surface area contributed by atoms with E-state index in [4.69, 9.17) is 9.47 Å². The Morgan fingerprint density at radius 2 is 0.909 bits per heavy atom. The molecule has 0 spiro atoms. The van der Waals surface area contributed by atoms with E-state index in [-0.39, 0.29) is 25.2 Å². The minimum absolute atomic E-state index is 0.0802. The zero-order valence-corrected chi connectivity index (χ0v) is 28.7. The van der Waals surface area contributed by atoms with Gasteiger partial charge in [0, 0.05) is 12.8 Å². The summed E-state index contributed by atoms with van der Waals surface area (Å²) in [6.45, 7) is 4.05. The molecule has 0 rings (SSSR count). The van der Waals surface area contributed by atoms with Crippen LogP contribution in [0.3, 0.4) is 0 Å². The molecule has 0 heterocycles. The maximum Gasteiger partial charge on any atom is 0.306 e. The molecule has 0 saturated heterocycles. The van der Waals surface area contributed by atoms with E-state index >= 15 is 0 Å². The molecule has 0 aliphatic rings. The summed E-state index contributed by atoms with van der Waals surface area (Å²) in [4.78, 5) is 24.2. The number of rotatable bonds is 32. The fraction of sp³-hybridized carbons (Fsp3) is 0.744. The number of hydrogen-bond acceptors (Lipinski definition) is 5. The second-order valence-corrected chi connectivity index (χ2v) is 11.9. The van der Waals surface area contributed by atoms with Crippen LogP contribution in [0.1, 0.15) is 168 Å². The molecular formula is C39H68O5. The molecule has 1 atom stereocenters. The Morgan fingerprint density at radius 1 is 0.523 bits per heavy atom. The summed E-state index contributed by atoms with van der Waals surface area (Å²) < 4.78 is 10.6. The van der Waals surface area contributed by atoms with E-state index in [1.807, 2.05) is 0 Å². The topological polar surface area (TPSA) is 72.8 Å². The van der Waals surface area contributed by atoms with Crippen molar-refractivity contribution in [3.8, 4) is 0 Å². The number of aliphatic hydroxyl groups is 1. The Hall–Kier alpha value is -2.14. The Labute approximate surface area is 271 Å². The average Bonchev–Trinajstić information content (AvgIpc) is 3.02. The van der Waals surface area contributed by atoms with E-state index in [1.54, 1.807) is 0 Å². The molecule has 0 aromatic heterocycles. The maximum atomic E-state index is 12.1. The summed E-state index contributed by atoms with van der Waals surface area (Å²) in [5.74, 6) is -0.630. The van der Waals surface area contributed by atoms with Crippen molar-refractivity contribution in [2.24, 2.45) is 0 Å². The van der Waals surface area contributed by atoms with Gasteiger partial charge in [0.05, 0.1) is 6.61 Å². The van der Waals surface area contributed by atoms with Gasteiger partial charge in [0.1, 0.15) is 6.61 Å². The molecule has 0 aliphatic heterocycles. The minimum Gasteiger partial charge on any atom is -0.462 e. The normalized spacial score (nSPS) is 12.7. The van der Waals surface area contributed by atoms with Crippen LogP contribution >= 0.6 is 0 Å². The molecule has 0 aliphatic carbocycles. The highest BCUT2D eigenvalue weighted by Crippen LogP contribution is 2.11. The van der Waals surface area contributed by atoms with E-state index in [9.17, 15) is 14.7 Å². The van der Waals surface area contributed by atoms with Crippen LogP contribution < -0.4 is 0 Å². The zero-order valence-electron chi connectivity index (χ0n) is 28.7. The van der Waals surface area contributed by atoms with Crippen molar-refractivity contribution >= 4 is 11.9 Å². The molecule has 0 bridgehead atoms. The Bertz CT molecular complexity index is 752. The van der Waals surface area contributed by atoms with E-state index in [2.05, 4.69) is 62.5 Å². The van der Waals surface area contributed by atoms with Crippen LogP contribution in [0, 0.1) is 0 Å². The van der Waals surface area contributed by atoms with Crippen LogP contribution in [0.25, 0.3) is 0 Å². The third-order valence-corrected chi connectivity index (χ3v) is 7.60. The molecule has 44 heavy (non-hydrogen) atoms. The Kier molecular flexibility index (Phi) is 33.6. The number of unbranched alkanes of at least 4 members (excludes halogenated alkanes) is 16. The molecule has 0 radical (unpaired) electrons. The van der Waals surface area contributed by atoms with Crippen molar-refractivity contribution in [2.75, 3.05) is 13.2 Å². The van der Waals surface area contributed by atoms with Crippen molar-refractivity contribution in [2.45, 2.75) is 174 Å². The third kappa shape index (κ3) is 32.8. The third-order valence-electron chi connectivity index (χ3n) is 7.60. The number of aliphatic hydroxyl groups excluding tert-OH is 1. The van der Waals surface area contributed by atoms with Crippen molar-refractivity contribution in [3.05, 3.63) is 48.6 Å². The molecule has 0 saturated carbocycles. The molecular weight excluding hydrogens is 548 g/mol. The number of hydrogen-bond donors (Lipinski definition) is 1. The van der Waals surface area contributed by atoms with Crippen molar-refractivity contribution in [3.63, 3.8) is 0 Å². The molecule has 0 unspecified atom stereocenters. The summed E-state index contributed by atoms with van der Waals surface area (Å²) in [6.07, 6.45) is 43.0. The van der Waals surface area contributed by atoms with Gasteiger partial charge < -0.3 is 14.6 Å². The van der Waals surface area contributed by atoms with Crippen LogP contribution in [-0.2, 0) is 19.1 Å². The standard InChI is InChI=1S/C39H68O5/c1-3-5-7-9-11-13-15-17-18-19-20-22-24-26-28-30-32-34-39(42)44-37(35-40)36-43-38(41)33-31-29-27-25-23-21-16-14-12-10-8-6-4-2/h11,13-14,16-18,20,22,37,40H,3-10,12,15,19,21,23-36H2,1-2H3/b13-11-,16-14-,18-17-,22-20-/t37-/m0/s1. The molecule has 5 nitrogen and oxygen atoms in total. The van der Waals surface area contributed by atoms with Crippen LogP contribution in [0.15, 0.2) is 48.6 Å². The second-order valence-electron chi connectivity index (χ2n) is 11.9. The quantitative estimate of drug-likeness (QED) is 0.0462. The van der Waals surface area contributed by atoms with Crippen LogP contribution in [0.5, 0.6) is 0 Å². The number of esters is 2. The van der Waals surface area contributed by atoms with Gasteiger partial charge in [0.25, 0.3) is 0 Å². The highest BCUT2D eigenvalue weighted by Gasteiger charge is 2.16. The minimum atomic E-state index is -0.785. The molecule has 0 aromatic carbocycles. The van der Waals surface area contributed by atoms with Crippen molar-refractivity contribution < 1.29 is 24.2 Å². The summed E-state index contributed by atoms with van der Waals surface area (Å²) >= 11 is 0. The van der Waals surface area contributed by atoms with E-state index < -0.39 is 6.10 Å². The Morgan fingerprint density at radius 3 is 1.43 bits per heavy atom. The largest absolute Gasteiger partial charge is 0.462 e. The van der Waals surface area contributed by atoms with Gasteiger partial charge in [0.15, 0.2) is 6.10 Å². The first-order valence-electron chi connectivity index (χ1n) is 18.2. The van der Waals surface area contributed by atoms with Gasteiger partial charge in [-0.2, -0.15) is 0 Å². The lowest BCUT2D eigenvalue weighted by Gasteiger charge is -2.15. The number of allylic oxidation sites excluding steroid dienone is 8. The lowest BCUT2D eigenvalue weighted by atomic mass is 10.1. The number of ether oxygens (including phenoxy) is 2. The van der Waals surface area contributed by atoms with Gasteiger partial charge in [0.2, 0.25) is 0 Å². The van der Waals surface area contributed by atoms with E-state index in [0.717, 1.165) is 70.6 Å². The molecule has 0 aromatic rings. The predicted molar refractivity (Wildman–Crippen MR) is 187 cm³/mol. The first-order valence-corrected chi connectivity index (χ1v) is 18.2. The highest BCUT2D eigenvalue weighted by atomic mass is 16.6. The smallest absolute Gasteiger partial charge is 0.306 e. The maximum absolute atomic E-state index is 12.1. The monoisotopic (exact) mass is 617 g/mol. The van der Waals surface area contributed by atoms with Crippen molar-refractivity contribution in [1.82, 2.24) is 0 Å². The summed E-state index contributed by atoms with van der Waals surface area (Å²) in [7, 11) is 0. The molecule has 1 N–H and O–H groups in total. The lowest BCUT2D eigenvalue weighted by Crippen LogP contribution is -2.28. The molecule has 0 fully saturated rings. The van der Waals surface area contributed by atoms with E-state index in [1.165, 1.54) is 70.6 Å². The molecule has 254 valence electrons. The van der Waals surface area contributed by atoms with Crippen LogP contribution in [-0.4, -0.2) is 36.4 Å². The summed E-state index contributed by atoms with van der Waals surface area (Å²) in [6, 6.07) is 0. The number of carbonyl (C=O) groups excluding carboxylic acids is 2. The SMILES string of the molecule is CCCCC/C=C\C/C=C\C/C=C\CCCCCCC(=O)O[C@@H](CO)COC(=O)CCCCCCC/C=C\CCCCCC. The Balaban J connectivity index is 3.65. The first-order chi connectivity index (χ1) is 21.6. The zero-order chi connectivity index (χ0) is 32.2. The highest BCUT2D eigenvalue weighted by molar-refractivity contribution is 5.70. The lowest BCUT2D eigenvalue weighted by molar-refractivity contribution is -0.161. The second kappa shape index (κ2) is 35.3. The van der Waals surface area contributed by atoms with E-state index in [0.29, 0.717) is 12.8 Å². The van der Waals surface area contributed by atoms with Gasteiger partial charge >= 0.3 is 11.9 Å².